The Labute approximate surface area is 109 Å². The molecular formula is C14H24N2O2. The Kier molecular flexibility index (Phi) is 2.90. The molecule has 3 atom stereocenters. The number of hydrogen-bond acceptors (Lipinski definition) is 3. The van der Waals surface area contributed by atoms with Gasteiger partial charge in [0, 0.05) is 18.1 Å². The summed E-state index contributed by atoms with van der Waals surface area (Å²) in [6.07, 6.45) is 4.37. The number of fused-ring (bicyclic) bond motifs is 2. The minimum atomic E-state index is -0.279. The fraction of sp³-hybridized carbons (Fsp3) is 0.929. The molecule has 3 rings (SSSR count). The van der Waals surface area contributed by atoms with Crippen molar-refractivity contribution in [3.8, 4) is 0 Å². The Bertz CT molecular complexity index is 344. The van der Waals surface area contributed by atoms with Gasteiger partial charge in [-0.05, 0) is 46.5 Å². The zero-order valence-corrected chi connectivity index (χ0v) is 11.6. The van der Waals surface area contributed by atoms with E-state index in [2.05, 4.69) is 19.2 Å². The maximum Gasteiger partial charge on any atom is 0.251 e. The summed E-state index contributed by atoms with van der Waals surface area (Å²) in [5.74, 6) is 0.154. The van der Waals surface area contributed by atoms with Crippen LogP contribution < -0.4 is 5.32 Å². The molecule has 0 aromatic rings. The smallest absolute Gasteiger partial charge is 0.251 e. The van der Waals surface area contributed by atoms with Crippen LogP contribution in [0.5, 0.6) is 0 Å². The summed E-state index contributed by atoms with van der Waals surface area (Å²) in [5, 5.41) is 3.65. The molecule has 3 heterocycles. The molecule has 102 valence electrons. The van der Waals surface area contributed by atoms with Crippen molar-refractivity contribution in [2.45, 2.75) is 76.3 Å². The Morgan fingerprint density at radius 3 is 2.50 bits per heavy atom. The SMILES string of the molecule is CC1OC2(CC3CCC(C2)N3)CN(C(C)C)C1=O. The fourth-order valence-corrected chi connectivity index (χ4v) is 3.95. The molecule has 3 unspecified atom stereocenters. The summed E-state index contributed by atoms with van der Waals surface area (Å²) in [5.41, 5.74) is -0.0886. The van der Waals surface area contributed by atoms with Gasteiger partial charge in [-0.1, -0.05) is 0 Å². The summed E-state index contributed by atoms with van der Waals surface area (Å²) in [6, 6.07) is 1.46. The van der Waals surface area contributed by atoms with Crippen molar-refractivity contribution in [3.63, 3.8) is 0 Å². The predicted octanol–water partition coefficient (Wildman–Crippen LogP) is 1.30. The van der Waals surface area contributed by atoms with Crippen LogP contribution in [0.2, 0.25) is 0 Å². The average Bonchev–Trinajstić information content (AvgIpc) is 2.64. The zero-order chi connectivity index (χ0) is 12.9. The summed E-state index contributed by atoms with van der Waals surface area (Å²) < 4.78 is 6.16. The Balaban J connectivity index is 1.82. The molecule has 2 bridgehead atoms. The van der Waals surface area contributed by atoms with Crippen LogP contribution >= 0.6 is 0 Å². The normalized spacial score (nSPS) is 44.1. The van der Waals surface area contributed by atoms with E-state index in [0.717, 1.165) is 19.4 Å². The molecule has 4 heteroatoms. The highest BCUT2D eigenvalue weighted by Crippen LogP contribution is 2.40. The number of ether oxygens (including phenoxy) is 1. The molecular weight excluding hydrogens is 228 g/mol. The maximum absolute atomic E-state index is 12.2. The van der Waals surface area contributed by atoms with E-state index in [-0.39, 0.29) is 23.7 Å². The number of amides is 1. The van der Waals surface area contributed by atoms with E-state index in [0.29, 0.717) is 12.1 Å². The number of nitrogens with zero attached hydrogens (tertiary/aromatic N) is 1. The van der Waals surface area contributed by atoms with Crippen LogP contribution in [0.3, 0.4) is 0 Å². The molecule has 3 aliphatic heterocycles. The summed E-state index contributed by atoms with van der Waals surface area (Å²) >= 11 is 0. The number of morpholine rings is 1. The zero-order valence-electron chi connectivity index (χ0n) is 11.6. The van der Waals surface area contributed by atoms with E-state index in [4.69, 9.17) is 4.74 Å². The highest BCUT2D eigenvalue weighted by Gasteiger charge is 2.50. The van der Waals surface area contributed by atoms with Crippen molar-refractivity contribution in [2.75, 3.05) is 6.54 Å². The molecule has 3 saturated heterocycles. The lowest BCUT2D eigenvalue weighted by atomic mass is 9.84. The third-order valence-electron chi connectivity index (χ3n) is 4.71. The largest absolute Gasteiger partial charge is 0.360 e. The van der Waals surface area contributed by atoms with Crippen molar-refractivity contribution < 1.29 is 9.53 Å². The van der Waals surface area contributed by atoms with Crippen LogP contribution in [0.4, 0.5) is 0 Å². The predicted molar refractivity (Wildman–Crippen MR) is 69.3 cm³/mol. The Morgan fingerprint density at radius 1 is 1.33 bits per heavy atom. The number of carbonyl (C=O) groups is 1. The minimum Gasteiger partial charge on any atom is -0.360 e. The average molecular weight is 252 g/mol. The molecule has 18 heavy (non-hydrogen) atoms. The van der Waals surface area contributed by atoms with Gasteiger partial charge in [0.15, 0.2) is 0 Å². The quantitative estimate of drug-likeness (QED) is 0.765. The van der Waals surface area contributed by atoms with Gasteiger partial charge in [-0.2, -0.15) is 0 Å². The van der Waals surface area contributed by atoms with E-state index < -0.39 is 0 Å². The topological polar surface area (TPSA) is 41.6 Å². The van der Waals surface area contributed by atoms with Crippen molar-refractivity contribution in [1.29, 1.82) is 0 Å². The first-order valence-corrected chi connectivity index (χ1v) is 7.23. The molecule has 0 aromatic carbocycles. The molecule has 0 saturated carbocycles. The fourth-order valence-electron chi connectivity index (χ4n) is 3.95. The molecule has 1 spiro atoms. The van der Waals surface area contributed by atoms with Crippen LogP contribution in [-0.2, 0) is 9.53 Å². The lowest BCUT2D eigenvalue weighted by molar-refractivity contribution is -0.191. The second kappa shape index (κ2) is 4.20. The number of rotatable bonds is 1. The van der Waals surface area contributed by atoms with Gasteiger partial charge >= 0.3 is 0 Å². The Hall–Kier alpha value is -0.610. The van der Waals surface area contributed by atoms with Crippen molar-refractivity contribution in [2.24, 2.45) is 0 Å². The minimum absolute atomic E-state index is 0.0886. The maximum atomic E-state index is 12.2. The molecule has 1 N–H and O–H groups in total. The van der Waals surface area contributed by atoms with E-state index in [9.17, 15) is 4.79 Å². The van der Waals surface area contributed by atoms with E-state index in [1.165, 1.54) is 12.8 Å². The first-order chi connectivity index (χ1) is 8.49. The van der Waals surface area contributed by atoms with Crippen LogP contribution in [0.1, 0.15) is 46.5 Å². The summed E-state index contributed by atoms with van der Waals surface area (Å²) in [7, 11) is 0. The van der Waals surface area contributed by atoms with E-state index >= 15 is 0 Å². The van der Waals surface area contributed by atoms with Gasteiger partial charge < -0.3 is 15.0 Å². The van der Waals surface area contributed by atoms with Crippen molar-refractivity contribution in [1.82, 2.24) is 10.2 Å². The second-order valence-electron chi connectivity index (χ2n) is 6.55. The first kappa shape index (κ1) is 12.4. The highest BCUT2D eigenvalue weighted by molar-refractivity contribution is 5.81. The van der Waals surface area contributed by atoms with Gasteiger partial charge in [0.2, 0.25) is 0 Å². The molecule has 0 aliphatic carbocycles. The van der Waals surface area contributed by atoms with Crippen molar-refractivity contribution in [3.05, 3.63) is 0 Å². The monoisotopic (exact) mass is 252 g/mol. The van der Waals surface area contributed by atoms with Crippen LogP contribution in [-0.4, -0.2) is 47.2 Å². The van der Waals surface area contributed by atoms with Crippen LogP contribution in [0.25, 0.3) is 0 Å². The number of piperidine rings is 1. The number of nitrogens with one attached hydrogen (secondary N) is 1. The lowest BCUT2D eigenvalue weighted by Gasteiger charge is -2.50. The van der Waals surface area contributed by atoms with Crippen LogP contribution in [0.15, 0.2) is 0 Å². The van der Waals surface area contributed by atoms with Gasteiger partial charge in [0.1, 0.15) is 6.10 Å². The molecule has 0 radical (unpaired) electrons. The van der Waals surface area contributed by atoms with Gasteiger partial charge in [0.05, 0.1) is 12.1 Å². The number of hydrogen-bond donors (Lipinski definition) is 1. The van der Waals surface area contributed by atoms with Gasteiger partial charge in [-0.25, -0.2) is 0 Å². The second-order valence-corrected chi connectivity index (χ2v) is 6.55. The molecule has 3 fully saturated rings. The number of carbonyl (C=O) groups excluding carboxylic acids is 1. The van der Waals surface area contributed by atoms with E-state index in [1.54, 1.807) is 0 Å². The standard InChI is InChI=1S/C14H24N2O2/c1-9(2)16-8-14(18-10(3)13(16)17)6-11-4-5-12(7-14)15-11/h9-12,15H,4-8H2,1-3H3. The lowest BCUT2D eigenvalue weighted by Crippen LogP contribution is -2.64. The molecule has 4 nitrogen and oxygen atoms in total. The molecule has 1 amide bonds. The third-order valence-corrected chi connectivity index (χ3v) is 4.71. The molecule has 0 aromatic heterocycles. The van der Waals surface area contributed by atoms with Gasteiger partial charge in [0.25, 0.3) is 5.91 Å². The van der Waals surface area contributed by atoms with Crippen molar-refractivity contribution >= 4 is 5.91 Å². The third kappa shape index (κ3) is 1.95. The van der Waals surface area contributed by atoms with Gasteiger partial charge in [-0.3, -0.25) is 4.79 Å². The molecule has 3 aliphatic rings. The van der Waals surface area contributed by atoms with E-state index in [1.807, 2.05) is 11.8 Å². The van der Waals surface area contributed by atoms with Gasteiger partial charge in [-0.15, -0.1) is 0 Å². The Morgan fingerprint density at radius 2 is 1.94 bits per heavy atom. The summed E-state index contributed by atoms with van der Waals surface area (Å²) in [4.78, 5) is 14.2. The summed E-state index contributed by atoms with van der Waals surface area (Å²) in [6.45, 7) is 6.88. The highest BCUT2D eigenvalue weighted by atomic mass is 16.5. The van der Waals surface area contributed by atoms with Crippen LogP contribution in [0, 0.1) is 0 Å². The first-order valence-electron chi connectivity index (χ1n) is 7.23.